The quantitative estimate of drug-likeness (QED) is 0.562. The molecule has 0 heterocycles. The average Bonchev–Trinajstić information content (AvgIpc) is 2.14. The third kappa shape index (κ3) is 3.74. The van der Waals surface area contributed by atoms with Gasteiger partial charge in [-0.15, -0.1) is 0 Å². The number of hydrogen-bond donors (Lipinski definition) is 3. The highest BCUT2D eigenvalue weighted by Crippen LogP contribution is 2.23. The van der Waals surface area contributed by atoms with Crippen molar-refractivity contribution in [3.8, 4) is 0 Å². The van der Waals surface area contributed by atoms with Gasteiger partial charge < -0.3 is 16.2 Å². The van der Waals surface area contributed by atoms with Crippen molar-refractivity contribution in [2.24, 2.45) is 11.7 Å². The summed E-state index contributed by atoms with van der Waals surface area (Å²) in [5.41, 5.74) is 5.15. The van der Waals surface area contributed by atoms with Gasteiger partial charge in [0.2, 0.25) is 5.91 Å². The van der Waals surface area contributed by atoms with E-state index in [4.69, 9.17) is 5.73 Å². The third-order valence-corrected chi connectivity index (χ3v) is 2.53. The summed E-state index contributed by atoms with van der Waals surface area (Å²) in [6.07, 6.45) is 3.70. The van der Waals surface area contributed by atoms with Gasteiger partial charge in [-0.25, -0.2) is 0 Å². The van der Waals surface area contributed by atoms with E-state index < -0.39 is 0 Å². The molecule has 1 aliphatic carbocycles. The summed E-state index contributed by atoms with van der Waals surface area (Å²) in [4.78, 5) is 10.8. The maximum atomic E-state index is 10.8. The molecule has 4 heteroatoms. The van der Waals surface area contributed by atoms with E-state index in [-0.39, 0.29) is 18.6 Å². The fourth-order valence-corrected chi connectivity index (χ4v) is 1.78. The molecular weight excluding hydrogens is 168 g/mol. The van der Waals surface area contributed by atoms with Crippen LogP contribution < -0.4 is 11.1 Å². The molecule has 2 atom stereocenters. The normalized spacial score (nSPS) is 28.5. The SMILES string of the molecule is NCC(=O)NCC1CCCC(O)C1. The lowest BCUT2D eigenvalue weighted by Crippen LogP contribution is -2.36. The van der Waals surface area contributed by atoms with Gasteiger partial charge in [0.05, 0.1) is 12.6 Å². The second-order valence-corrected chi connectivity index (χ2v) is 3.69. The van der Waals surface area contributed by atoms with Gasteiger partial charge in [-0.2, -0.15) is 0 Å². The number of carbonyl (C=O) groups excluding carboxylic acids is 1. The third-order valence-electron chi connectivity index (χ3n) is 2.53. The molecule has 76 valence electrons. The zero-order chi connectivity index (χ0) is 9.68. The van der Waals surface area contributed by atoms with Crippen LogP contribution in [0.5, 0.6) is 0 Å². The second kappa shape index (κ2) is 5.19. The summed E-state index contributed by atoms with van der Waals surface area (Å²) in [6, 6.07) is 0. The summed E-state index contributed by atoms with van der Waals surface area (Å²) in [5, 5.41) is 12.1. The largest absolute Gasteiger partial charge is 0.393 e. The van der Waals surface area contributed by atoms with E-state index in [1.54, 1.807) is 0 Å². The predicted octanol–water partition coefficient (Wildman–Crippen LogP) is -0.388. The minimum atomic E-state index is -0.173. The van der Waals surface area contributed by atoms with Crippen LogP contribution in [0.4, 0.5) is 0 Å². The van der Waals surface area contributed by atoms with Crippen molar-refractivity contribution in [1.29, 1.82) is 0 Å². The number of amides is 1. The van der Waals surface area contributed by atoms with Crippen molar-refractivity contribution in [1.82, 2.24) is 5.32 Å². The van der Waals surface area contributed by atoms with Gasteiger partial charge in [0.1, 0.15) is 0 Å². The van der Waals surface area contributed by atoms with Crippen LogP contribution >= 0.6 is 0 Å². The highest BCUT2D eigenvalue weighted by atomic mass is 16.3. The molecule has 0 saturated heterocycles. The van der Waals surface area contributed by atoms with Gasteiger partial charge in [0.15, 0.2) is 0 Å². The molecule has 4 nitrogen and oxygen atoms in total. The van der Waals surface area contributed by atoms with E-state index in [9.17, 15) is 9.90 Å². The van der Waals surface area contributed by atoms with Crippen molar-refractivity contribution in [3.05, 3.63) is 0 Å². The van der Waals surface area contributed by atoms with Crippen molar-refractivity contribution in [3.63, 3.8) is 0 Å². The maximum absolute atomic E-state index is 10.8. The minimum absolute atomic E-state index is 0.0509. The summed E-state index contributed by atoms with van der Waals surface area (Å²) >= 11 is 0. The molecule has 1 aliphatic rings. The first-order chi connectivity index (χ1) is 6.22. The zero-order valence-corrected chi connectivity index (χ0v) is 7.83. The highest BCUT2D eigenvalue weighted by Gasteiger charge is 2.19. The van der Waals surface area contributed by atoms with Crippen molar-refractivity contribution >= 4 is 5.91 Å². The molecule has 0 bridgehead atoms. The highest BCUT2D eigenvalue weighted by molar-refractivity contribution is 5.77. The molecule has 13 heavy (non-hydrogen) atoms. The Kier molecular flexibility index (Phi) is 4.18. The number of nitrogens with one attached hydrogen (secondary N) is 1. The number of carbonyl (C=O) groups is 1. The Morgan fingerprint density at radius 1 is 1.54 bits per heavy atom. The van der Waals surface area contributed by atoms with Crippen LogP contribution in [0, 0.1) is 5.92 Å². The van der Waals surface area contributed by atoms with E-state index >= 15 is 0 Å². The topological polar surface area (TPSA) is 75.4 Å². The lowest BCUT2D eigenvalue weighted by atomic mass is 9.87. The lowest BCUT2D eigenvalue weighted by Gasteiger charge is -2.25. The Morgan fingerprint density at radius 2 is 2.31 bits per heavy atom. The number of nitrogens with two attached hydrogens (primary N) is 1. The number of rotatable bonds is 3. The summed E-state index contributed by atoms with van der Waals surface area (Å²) in [6.45, 7) is 0.711. The smallest absolute Gasteiger partial charge is 0.233 e. The van der Waals surface area contributed by atoms with Crippen molar-refractivity contribution < 1.29 is 9.90 Å². The molecule has 1 amide bonds. The second-order valence-electron chi connectivity index (χ2n) is 3.69. The monoisotopic (exact) mass is 186 g/mol. The van der Waals surface area contributed by atoms with Gasteiger partial charge in [0, 0.05) is 6.54 Å². The van der Waals surface area contributed by atoms with E-state index in [1.165, 1.54) is 0 Å². The minimum Gasteiger partial charge on any atom is -0.393 e. The predicted molar refractivity (Wildman–Crippen MR) is 50.0 cm³/mol. The molecule has 2 unspecified atom stereocenters. The lowest BCUT2D eigenvalue weighted by molar-refractivity contribution is -0.120. The van der Waals surface area contributed by atoms with Gasteiger partial charge >= 0.3 is 0 Å². The van der Waals surface area contributed by atoms with Crippen LogP contribution in [-0.2, 0) is 4.79 Å². The van der Waals surface area contributed by atoms with Gasteiger partial charge in [0.25, 0.3) is 0 Å². The fraction of sp³-hybridized carbons (Fsp3) is 0.889. The van der Waals surface area contributed by atoms with Crippen LogP contribution in [0.2, 0.25) is 0 Å². The van der Waals surface area contributed by atoms with E-state index in [0.717, 1.165) is 25.7 Å². The molecule has 0 aromatic heterocycles. The van der Waals surface area contributed by atoms with Crippen LogP contribution in [0.25, 0.3) is 0 Å². The molecule has 1 fully saturated rings. The first-order valence-electron chi connectivity index (χ1n) is 4.87. The van der Waals surface area contributed by atoms with E-state index in [1.807, 2.05) is 0 Å². The Labute approximate surface area is 78.5 Å². The number of aliphatic hydroxyl groups excluding tert-OH is 1. The summed E-state index contributed by atoms with van der Waals surface area (Å²) < 4.78 is 0. The Hall–Kier alpha value is -0.610. The Morgan fingerprint density at radius 3 is 2.92 bits per heavy atom. The van der Waals surface area contributed by atoms with E-state index in [0.29, 0.717) is 12.5 Å². The molecule has 0 aliphatic heterocycles. The molecular formula is C9H18N2O2. The van der Waals surface area contributed by atoms with Crippen LogP contribution in [0.15, 0.2) is 0 Å². The molecule has 1 saturated carbocycles. The molecule has 1 rings (SSSR count). The Bertz CT molecular complexity index is 173. The average molecular weight is 186 g/mol. The molecule has 0 radical (unpaired) electrons. The van der Waals surface area contributed by atoms with Crippen LogP contribution in [-0.4, -0.2) is 30.2 Å². The van der Waals surface area contributed by atoms with Gasteiger partial charge in [-0.1, -0.05) is 6.42 Å². The molecule has 0 aromatic carbocycles. The van der Waals surface area contributed by atoms with Gasteiger partial charge in [-0.05, 0) is 25.2 Å². The fourth-order valence-electron chi connectivity index (χ4n) is 1.78. The summed E-state index contributed by atoms with van der Waals surface area (Å²) in [5.74, 6) is 0.319. The zero-order valence-electron chi connectivity index (χ0n) is 7.83. The van der Waals surface area contributed by atoms with Crippen molar-refractivity contribution in [2.75, 3.05) is 13.1 Å². The van der Waals surface area contributed by atoms with Crippen LogP contribution in [0.1, 0.15) is 25.7 Å². The van der Waals surface area contributed by atoms with E-state index in [2.05, 4.69) is 5.32 Å². The molecule has 0 aromatic rings. The van der Waals surface area contributed by atoms with Crippen LogP contribution in [0.3, 0.4) is 0 Å². The number of hydrogen-bond acceptors (Lipinski definition) is 3. The number of aliphatic hydroxyl groups is 1. The van der Waals surface area contributed by atoms with Crippen molar-refractivity contribution in [2.45, 2.75) is 31.8 Å². The standard InChI is InChI=1S/C9H18N2O2/c10-5-9(13)11-6-7-2-1-3-8(12)4-7/h7-8,12H,1-6,10H2,(H,11,13). The van der Waals surface area contributed by atoms with Gasteiger partial charge in [-0.3, -0.25) is 4.79 Å². The first-order valence-corrected chi connectivity index (χ1v) is 4.87. The maximum Gasteiger partial charge on any atom is 0.233 e. The molecule has 4 N–H and O–H groups in total. The molecule has 0 spiro atoms. The Balaban J connectivity index is 2.17. The first kappa shape index (κ1) is 10.5. The summed E-state index contributed by atoms with van der Waals surface area (Å²) in [7, 11) is 0.